The third-order valence-electron chi connectivity index (χ3n) is 13.6. The number of rotatable bonds is 12. The summed E-state index contributed by atoms with van der Waals surface area (Å²) in [5, 5.41) is 136. The van der Waals surface area contributed by atoms with E-state index in [4.69, 9.17) is 28.4 Å². The number of aliphatic hydroxyl groups excluding tert-OH is 8. The van der Waals surface area contributed by atoms with Crippen LogP contribution < -0.4 is 18.9 Å². The van der Waals surface area contributed by atoms with Gasteiger partial charge in [0.1, 0.15) is 113 Å². The van der Waals surface area contributed by atoms with Crippen molar-refractivity contribution in [2.75, 3.05) is 13.2 Å². The summed E-state index contributed by atoms with van der Waals surface area (Å²) in [6, 6.07) is 30.1. The molecule has 0 saturated carbocycles. The molecule has 0 aromatic heterocycles. The van der Waals surface area contributed by atoms with E-state index < -0.39 is 98.7 Å². The predicted octanol–water partition coefficient (Wildman–Crippen LogP) is 3.27. The number of aromatic hydroxyl groups is 5. The lowest BCUT2D eigenvalue weighted by Crippen LogP contribution is -2.60. The van der Waals surface area contributed by atoms with Crippen molar-refractivity contribution in [2.24, 2.45) is 0 Å². The molecule has 0 bridgehead atoms. The van der Waals surface area contributed by atoms with Crippen LogP contribution in [0.1, 0.15) is 68.6 Å². The van der Waals surface area contributed by atoms with Crippen LogP contribution >= 0.6 is 0 Å². The zero-order valence-electron chi connectivity index (χ0n) is 38.4. The van der Waals surface area contributed by atoms with Gasteiger partial charge in [-0.15, -0.1) is 0 Å². The largest absolute Gasteiger partial charge is 0.508 e. The van der Waals surface area contributed by atoms with Crippen LogP contribution in [0.5, 0.6) is 51.7 Å². The molecule has 0 unspecified atom stereocenters. The van der Waals surface area contributed by atoms with Crippen LogP contribution in [0, 0.1) is 0 Å². The number of hydrogen-bond acceptors (Lipinski definition) is 19. The summed E-state index contributed by atoms with van der Waals surface area (Å²) in [5.41, 5.74) is 4.09. The fourth-order valence-corrected chi connectivity index (χ4v) is 9.92. The lowest BCUT2D eigenvalue weighted by Gasteiger charge is -2.39. The fourth-order valence-electron chi connectivity index (χ4n) is 9.92. The Labute approximate surface area is 416 Å². The van der Waals surface area contributed by atoms with E-state index in [1.807, 2.05) is 0 Å². The lowest BCUT2D eigenvalue weighted by molar-refractivity contribution is -0.277. The number of hydrogen-bond donors (Lipinski definition) is 13. The predicted molar refractivity (Wildman–Crippen MR) is 255 cm³/mol. The Morgan fingerprint density at radius 3 is 1.36 bits per heavy atom. The van der Waals surface area contributed by atoms with Gasteiger partial charge >= 0.3 is 0 Å². The molecule has 4 heterocycles. The van der Waals surface area contributed by atoms with Gasteiger partial charge in [-0.1, -0.05) is 48.6 Å². The van der Waals surface area contributed by atoms with Crippen LogP contribution in [0.15, 0.2) is 115 Å². The molecule has 6 aromatic carbocycles. The normalized spacial score (nSPS) is 29.5. The van der Waals surface area contributed by atoms with Gasteiger partial charge in [-0.25, -0.2) is 0 Å². The third-order valence-corrected chi connectivity index (χ3v) is 13.6. The van der Waals surface area contributed by atoms with Gasteiger partial charge in [-0.05, 0) is 106 Å². The second kappa shape index (κ2) is 20.0. The maximum atomic E-state index is 12.1. The summed E-state index contributed by atoms with van der Waals surface area (Å²) in [5.74, 6) is -1.29. The second-order valence-corrected chi connectivity index (χ2v) is 18.4. The van der Waals surface area contributed by atoms with Crippen molar-refractivity contribution >= 4 is 12.2 Å². The molecule has 382 valence electrons. The molecular formula is C54H52O19. The van der Waals surface area contributed by atoms with Crippen molar-refractivity contribution in [1.82, 2.24) is 0 Å². The lowest BCUT2D eigenvalue weighted by atomic mass is 9.81. The summed E-state index contributed by atoms with van der Waals surface area (Å²) < 4.78 is 35.8. The summed E-state index contributed by atoms with van der Waals surface area (Å²) >= 11 is 0. The van der Waals surface area contributed by atoms with Gasteiger partial charge in [-0.2, -0.15) is 0 Å². The van der Waals surface area contributed by atoms with Crippen LogP contribution in [0.25, 0.3) is 12.2 Å². The van der Waals surface area contributed by atoms with Crippen molar-refractivity contribution in [3.8, 4) is 51.7 Å². The maximum Gasteiger partial charge on any atom is 0.229 e. The molecule has 19 nitrogen and oxygen atoms in total. The molecule has 0 radical (unpaired) electrons. The van der Waals surface area contributed by atoms with Gasteiger partial charge in [-0.3, -0.25) is 0 Å². The topological polar surface area (TPSA) is 318 Å². The number of fused-ring (bicyclic) bond motifs is 2. The first kappa shape index (κ1) is 49.4. The molecule has 13 N–H and O–H groups in total. The van der Waals surface area contributed by atoms with Gasteiger partial charge in [0.15, 0.2) is 0 Å². The average Bonchev–Trinajstić information content (AvgIpc) is 3.97. The van der Waals surface area contributed by atoms with E-state index in [1.54, 1.807) is 97.1 Å². The van der Waals surface area contributed by atoms with Crippen molar-refractivity contribution in [2.45, 2.75) is 85.5 Å². The molecule has 6 aromatic rings. The standard InChI is InChI=1S/C54H52O19/c55-22-39-45(62)47(64)49(66)53(72-39)68-33-11-3-24(4-12-33)1-2-25-15-35(60)43-37(16-25)70-51(26-5-9-30(57)10-6-26)42(43)29-19-36(61)44-38(20-29)71-52(41(44)28-17-31(58)21-32(59)18-28)27-7-13-34(14-8-27)69-54-50(67)48(65)46(63)40(23-56)73-54/h1-21,39-42,45-67H,22-23H2/t39-,40-,41+,42+,45-,46-,47+,48+,49-,50-,51-,52-,53-,54-/m1/s1. The molecule has 4 aliphatic rings. The number of benzene rings is 6. The number of phenols is 5. The monoisotopic (exact) mass is 1000 g/mol. The Balaban J connectivity index is 0.948. The van der Waals surface area contributed by atoms with Gasteiger partial charge in [0.05, 0.1) is 25.0 Å². The van der Waals surface area contributed by atoms with Gasteiger partial charge in [0, 0.05) is 17.2 Å². The summed E-state index contributed by atoms with van der Waals surface area (Å²) in [7, 11) is 0. The molecule has 10 rings (SSSR count). The van der Waals surface area contributed by atoms with E-state index in [0.717, 1.165) is 0 Å². The number of phenolic OH excluding ortho intramolecular Hbond substituents is 5. The number of aliphatic hydroxyl groups is 8. The van der Waals surface area contributed by atoms with E-state index in [1.165, 1.54) is 30.3 Å². The van der Waals surface area contributed by atoms with E-state index in [2.05, 4.69) is 0 Å². The molecule has 0 aliphatic carbocycles. The smallest absolute Gasteiger partial charge is 0.229 e. The maximum absolute atomic E-state index is 12.1. The quantitative estimate of drug-likeness (QED) is 0.0783. The molecular weight excluding hydrogens is 953 g/mol. The second-order valence-electron chi connectivity index (χ2n) is 18.4. The summed E-state index contributed by atoms with van der Waals surface area (Å²) in [6.07, 6.45) is -12.8. The zero-order chi connectivity index (χ0) is 51.4. The minimum absolute atomic E-state index is 0.0201. The molecule has 4 aliphatic heterocycles. The van der Waals surface area contributed by atoms with Crippen molar-refractivity contribution in [1.29, 1.82) is 0 Å². The Morgan fingerprint density at radius 2 is 0.849 bits per heavy atom. The molecule has 2 saturated heterocycles. The van der Waals surface area contributed by atoms with Crippen molar-refractivity contribution in [3.63, 3.8) is 0 Å². The first-order valence-corrected chi connectivity index (χ1v) is 23.3. The summed E-state index contributed by atoms with van der Waals surface area (Å²) in [6.45, 7) is -1.24. The Bertz CT molecular complexity index is 2940. The van der Waals surface area contributed by atoms with Crippen LogP contribution in [-0.2, 0) is 9.47 Å². The number of ether oxygens (including phenoxy) is 6. The third kappa shape index (κ3) is 9.55. The highest BCUT2D eigenvalue weighted by Crippen LogP contribution is 2.58. The molecule has 0 spiro atoms. The molecule has 2 fully saturated rings. The minimum atomic E-state index is -1.65. The van der Waals surface area contributed by atoms with E-state index >= 15 is 0 Å². The Hall–Kier alpha value is -7.14. The van der Waals surface area contributed by atoms with Crippen LogP contribution in [0.2, 0.25) is 0 Å². The van der Waals surface area contributed by atoms with E-state index in [-0.39, 0.29) is 46.0 Å². The first-order valence-electron chi connectivity index (χ1n) is 23.3. The summed E-state index contributed by atoms with van der Waals surface area (Å²) in [4.78, 5) is 0. The van der Waals surface area contributed by atoms with Crippen molar-refractivity contribution in [3.05, 3.63) is 160 Å². The molecule has 14 atom stereocenters. The van der Waals surface area contributed by atoms with Crippen LogP contribution in [-0.4, -0.2) is 141 Å². The van der Waals surface area contributed by atoms with Crippen LogP contribution in [0.4, 0.5) is 0 Å². The van der Waals surface area contributed by atoms with Gasteiger partial charge in [0.2, 0.25) is 12.6 Å². The van der Waals surface area contributed by atoms with E-state index in [9.17, 15) is 66.4 Å². The highest BCUT2D eigenvalue weighted by molar-refractivity contribution is 5.73. The SMILES string of the molecule is OC[C@H]1O[C@@H](Oc2ccc(C=Cc3cc(O)c4c(c3)O[C@H](c3ccc(O)cc3)[C@H]4c3cc(O)c4c(c3)O[C@H](c3ccc(O[C@@H]5O[C@H](CO)[C@@H](O)[C@H](O)[C@H]5O)cc3)[C@H]4c3cc(O)cc(O)c3)cc2)[C@H](O)[C@@H](O)[C@@H]1O. The van der Waals surface area contributed by atoms with Gasteiger partial charge < -0.3 is 94.8 Å². The Morgan fingerprint density at radius 1 is 0.411 bits per heavy atom. The molecule has 73 heavy (non-hydrogen) atoms. The highest BCUT2D eigenvalue weighted by atomic mass is 16.7. The highest BCUT2D eigenvalue weighted by Gasteiger charge is 2.47. The first-order chi connectivity index (χ1) is 35.1. The fraction of sp³-hybridized carbons (Fsp3) is 0.296. The average molecular weight is 1000 g/mol. The minimum Gasteiger partial charge on any atom is -0.508 e. The Kier molecular flexibility index (Phi) is 13.6. The van der Waals surface area contributed by atoms with Crippen LogP contribution in [0.3, 0.4) is 0 Å². The zero-order valence-corrected chi connectivity index (χ0v) is 38.4. The van der Waals surface area contributed by atoms with Gasteiger partial charge in [0.25, 0.3) is 0 Å². The van der Waals surface area contributed by atoms with E-state index in [0.29, 0.717) is 50.3 Å². The molecule has 19 heteroatoms. The molecule has 0 amide bonds. The van der Waals surface area contributed by atoms with Crippen molar-refractivity contribution < 1.29 is 94.8 Å².